The molecule has 0 bridgehead atoms. The minimum absolute atomic E-state index is 0.0373. The summed E-state index contributed by atoms with van der Waals surface area (Å²) in [4.78, 5) is 38.0. The number of allylic oxidation sites excluding steroid dienone is 22. The number of phosphoric acid groups is 1. The number of carbonyl (C=O) groups is 2. The summed E-state index contributed by atoms with van der Waals surface area (Å²) < 4.78 is 34.2. The van der Waals surface area contributed by atoms with Gasteiger partial charge in [-0.15, -0.1) is 0 Å². The van der Waals surface area contributed by atoms with Gasteiger partial charge in [0.1, 0.15) is 19.8 Å². The van der Waals surface area contributed by atoms with Gasteiger partial charge in [0.25, 0.3) is 7.82 Å². The van der Waals surface area contributed by atoms with Crippen molar-refractivity contribution >= 4 is 19.8 Å². The number of unbranched alkanes of at least 4 members (excludes halogenated alkanes) is 24. The lowest BCUT2D eigenvalue weighted by atomic mass is 10.0. The lowest BCUT2D eigenvalue weighted by molar-refractivity contribution is -0.870. The zero-order chi connectivity index (χ0) is 60.5. The molecule has 0 amide bonds. The molecule has 0 aliphatic rings. The Morgan fingerprint density at radius 1 is 0.386 bits per heavy atom. The number of quaternary nitrogens is 1. The first-order valence-electron chi connectivity index (χ1n) is 33.4. The summed E-state index contributed by atoms with van der Waals surface area (Å²) in [5, 5.41) is 0. The van der Waals surface area contributed by atoms with Crippen molar-refractivity contribution in [3.63, 3.8) is 0 Å². The van der Waals surface area contributed by atoms with Crippen LogP contribution in [0, 0.1) is 0 Å². The highest BCUT2D eigenvalue weighted by atomic mass is 31.2. The van der Waals surface area contributed by atoms with Crippen LogP contribution in [0.4, 0.5) is 0 Å². The molecule has 10 heteroatoms. The molecule has 0 rings (SSSR count). The molecule has 0 fully saturated rings. The Balaban J connectivity index is 4.06. The monoisotopic (exact) mass is 1170 g/mol. The van der Waals surface area contributed by atoms with Crippen molar-refractivity contribution < 1.29 is 42.1 Å². The lowest BCUT2D eigenvalue weighted by Gasteiger charge is -2.28. The quantitative estimate of drug-likeness (QED) is 0.0195. The molecule has 0 spiro atoms. The number of esters is 2. The van der Waals surface area contributed by atoms with Gasteiger partial charge < -0.3 is 27.9 Å². The molecule has 2 atom stereocenters. The fourth-order valence-corrected chi connectivity index (χ4v) is 9.53. The van der Waals surface area contributed by atoms with E-state index in [0.29, 0.717) is 17.4 Å². The minimum Gasteiger partial charge on any atom is -0.756 e. The predicted molar refractivity (Wildman–Crippen MR) is 355 cm³/mol. The topological polar surface area (TPSA) is 111 Å². The number of phosphoric ester groups is 1. The van der Waals surface area contributed by atoms with Crippen molar-refractivity contribution in [2.75, 3.05) is 47.5 Å². The largest absolute Gasteiger partial charge is 0.756 e. The predicted octanol–water partition coefficient (Wildman–Crippen LogP) is 21.0. The molecule has 0 aromatic rings. The molecule has 0 aliphatic heterocycles. The van der Waals surface area contributed by atoms with Crippen molar-refractivity contribution in [3.05, 3.63) is 134 Å². The standard InChI is InChI=1S/C73H124NO8P/c1-6-8-10-12-14-16-18-20-22-24-26-27-28-29-30-31-32-33-34-35-36-37-38-39-40-41-42-43-44-45-46-47-48-50-52-54-56-58-60-62-64-66-73(76)82-71(70-81-83(77,78)80-68-67-74(3,4)5)69-79-72(75)65-63-61-59-57-55-53-51-49-25-23-21-19-17-15-13-11-9-7-2/h8,10,14,16-17,19-20,22-23,25-27,29-30,32-33,35-36,38-39,41-42,71H,6-7,9,11-13,15,18,21,24,28,31,34,37,40,43-70H2,1-5H3/b10-8-,16-14-,19-17-,22-20-,25-23-,27-26-,30-29-,33-32-,36-35-,39-38-,42-41-. The van der Waals surface area contributed by atoms with E-state index in [1.54, 1.807) is 0 Å². The van der Waals surface area contributed by atoms with Crippen LogP contribution in [0.1, 0.15) is 264 Å². The zero-order valence-electron chi connectivity index (χ0n) is 53.8. The van der Waals surface area contributed by atoms with Gasteiger partial charge in [-0.1, -0.05) is 270 Å². The maximum Gasteiger partial charge on any atom is 0.306 e. The van der Waals surface area contributed by atoms with Crippen molar-refractivity contribution in [3.8, 4) is 0 Å². The van der Waals surface area contributed by atoms with E-state index in [0.717, 1.165) is 116 Å². The molecule has 474 valence electrons. The lowest BCUT2D eigenvalue weighted by Crippen LogP contribution is -2.37. The smallest absolute Gasteiger partial charge is 0.306 e. The van der Waals surface area contributed by atoms with Gasteiger partial charge in [0.05, 0.1) is 27.7 Å². The second-order valence-corrected chi connectivity index (χ2v) is 24.5. The van der Waals surface area contributed by atoms with E-state index in [1.165, 1.54) is 116 Å². The van der Waals surface area contributed by atoms with Crippen LogP contribution in [0.5, 0.6) is 0 Å². The van der Waals surface area contributed by atoms with Crippen LogP contribution in [0.3, 0.4) is 0 Å². The SMILES string of the molecule is CC/C=C\C/C=C\C/C=C\C/C=C\C/C=C\C/C=C\C/C=C\C/C=C\C/C=C\CCCCCCCCCCCCCCCC(=O)OC(COC(=O)CCCCCCCCC/C=C\C/C=C\CCCCCC)COP(=O)([O-])OCC[N+](C)(C)C. The molecule has 0 aliphatic carbocycles. The molecule has 0 heterocycles. The van der Waals surface area contributed by atoms with Crippen molar-refractivity contribution in [1.29, 1.82) is 0 Å². The van der Waals surface area contributed by atoms with Crippen LogP contribution in [-0.4, -0.2) is 70.0 Å². The average Bonchev–Trinajstić information content (AvgIpc) is 3.48. The Morgan fingerprint density at radius 2 is 0.687 bits per heavy atom. The highest BCUT2D eigenvalue weighted by Crippen LogP contribution is 2.38. The first kappa shape index (κ1) is 79.2. The Kier molecular flexibility index (Phi) is 59.8. The summed E-state index contributed by atoms with van der Waals surface area (Å²) >= 11 is 0. The third-order valence-corrected chi connectivity index (χ3v) is 14.9. The third-order valence-electron chi connectivity index (χ3n) is 13.9. The summed E-state index contributed by atoms with van der Waals surface area (Å²) in [5.74, 6) is -0.845. The summed E-state index contributed by atoms with van der Waals surface area (Å²) in [5.41, 5.74) is 0. The maximum atomic E-state index is 12.8. The number of hydrogen-bond acceptors (Lipinski definition) is 8. The third kappa shape index (κ3) is 67.2. The second-order valence-electron chi connectivity index (χ2n) is 23.1. The normalized spacial score (nSPS) is 14.0. The maximum absolute atomic E-state index is 12.8. The number of hydrogen-bond donors (Lipinski definition) is 0. The van der Waals surface area contributed by atoms with Crippen LogP contribution in [0.15, 0.2) is 134 Å². The van der Waals surface area contributed by atoms with Gasteiger partial charge in [-0.05, 0) is 116 Å². The Morgan fingerprint density at radius 3 is 1.02 bits per heavy atom. The van der Waals surface area contributed by atoms with Gasteiger partial charge in [0.15, 0.2) is 6.10 Å². The zero-order valence-corrected chi connectivity index (χ0v) is 54.7. The van der Waals surface area contributed by atoms with Crippen molar-refractivity contribution in [1.82, 2.24) is 0 Å². The summed E-state index contributed by atoms with van der Waals surface area (Å²) in [6.07, 6.45) is 90.9. The molecule has 2 unspecified atom stereocenters. The summed E-state index contributed by atoms with van der Waals surface area (Å²) in [7, 11) is 1.15. The number of ether oxygens (including phenoxy) is 2. The van der Waals surface area contributed by atoms with Crippen LogP contribution < -0.4 is 4.89 Å². The first-order chi connectivity index (χ1) is 40.5. The summed E-state index contributed by atoms with van der Waals surface area (Å²) in [6, 6.07) is 0. The molecule has 0 aromatic heterocycles. The van der Waals surface area contributed by atoms with Gasteiger partial charge in [-0.3, -0.25) is 14.2 Å². The van der Waals surface area contributed by atoms with E-state index in [1.807, 2.05) is 21.1 Å². The molecule has 83 heavy (non-hydrogen) atoms. The molecule has 0 radical (unpaired) electrons. The van der Waals surface area contributed by atoms with Crippen LogP contribution in [0.2, 0.25) is 0 Å². The number of nitrogens with zero attached hydrogens (tertiary/aromatic N) is 1. The molecular formula is C73H124NO8P. The van der Waals surface area contributed by atoms with Crippen LogP contribution in [-0.2, 0) is 32.7 Å². The van der Waals surface area contributed by atoms with E-state index in [9.17, 15) is 19.0 Å². The van der Waals surface area contributed by atoms with E-state index in [2.05, 4.69) is 148 Å². The van der Waals surface area contributed by atoms with Gasteiger partial charge in [-0.25, -0.2) is 0 Å². The van der Waals surface area contributed by atoms with Gasteiger partial charge in [-0.2, -0.15) is 0 Å². The Labute approximate surface area is 511 Å². The van der Waals surface area contributed by atoms with Gasteiger partial charge in [0.2, 0.25) is 0 Å². The Hall–Kier alpha value is -3.85. The number of rotatable bonds is 60. The molecule has 0 N–H and O–H groups in total. The highest BCUT2D eigenvalue weighted by Gasteiger charge is 2.22. The molecule has 0 aromatic carbocycles. The fraction of sp³-hybridized carbons (Fsp3) is 0.671. The van der Waals surface area contributed by atoms with E-state index < -0.39 is 32.5 Å². The summed E-state index contributed by atoms with van der Waals surface area (Å²) in [6.45, 7) is 4.10. The first-order valence-corrected chi connectivity index (χ1v) is 34.9. The van der Waals surface area contributed by atoms with Crippen LogP contribution >= 0.6 is 7.82 Å². The molecule has 0 saturated carbocycles. The van der Waals surface area contributed by atoms with E-state index in [4.69, 9.17) is 18.5 Å². The fourth-order valence-electron chi connectivity index (χ4n) is 8.80. The van der Waals surface area contributed by atoms with Gasteiger partial charge >= 0.3 is 11.9 Å². The van der Waals surface area contributed by atoms with E-state index in [-0.39, 0.29) is 26.1 Å². The second kappa shape index (κ2) is 62.7. The Bertz CT molecular complexity index is 1860. The van der Waals surface area contributed by atoms with Crippen LogP contribution in [0.25, 0.3) is 0 Å². The van der Waals surface area contributed by atoms with Crippen molar-refractivity contribution in [2.45, 2.75) is 270 Å². The van der Waals surface area contributed by atoms with Gasteiger partial charge in [0, 0.05) is 12.8 Å². The average molecular weight is 1170 g/mol. The molecule has 0 saturated heterocycles. The van der Waals surface area contributed by atoms with E-state index >= 15 is 0 Å². The van der Waals surface area contributed by atoms with Crippen molar-refractivity contribution in [2.24, 2.45) is 0 Å². The minimum atomic E-state index is -4.65. The highest BCUT2D eigenvalue weighted by molar-refractivity contribution is 7.45. The number of likely N-dealkylation sites (N-methyl/N-ethyl adjacent to an activating group) is 1. The molecule has 9 nitrogen and oxygen atoms in total. The number of carbonyl (C=O) groups excluding carboxylic acids is 2. The molecular weight excluding hydrogens is 1050 g/mol.